The standard InChI is InChI=1S/C15H24ClNO/c1-4-7-12(3)18-15(11-17-5-2)13-8-6-9-14(16)10-13/h6,8-10,12,15,17H,4-5,7,11H2,1-3H3. The van der Waals surface area contributed by atoms with E-state index in [1.165, 1.54) is 0 Å². The molecule has 2 nitrogen and oxygen atoms in total. The first-order valence-corrected chi connectivity index (χ1v) is 7.16. The monoisotopic (exact) mass is 269 g/mol. The number of hydrogen-bond donors (Lipinski definition) is 1. The molecule has 2 unspecified atom stereocenters. The SMILES string of the molecule is CCCC(C)OC(CNCC)c1cccc(Cl)c1. The van der Waals surface area contributed by atoms with Gasteiger partial charge >= 0.3 is 0 Å². The maximum atomic E-state index is 6.11. The van der Waals surface area contributed by atoms with E-state index in [1.54, 1.807) is 0 Å². The highest BCUT2D eigenvalue weighted by molar-refractivity contribution is 6.30. The van der Waals surface area contributed by atoms with Crippen LogP contribution in [0.2, 0.25) is 5.02 Å². The predicted octanol–water partition coefficient (Wildman–Crippen LogP) is 4.20. The Labute approximate surface area is 116 Å². The average Bonchev–Trinajstić information content (AvgIpc) is 2.34. The van der Waals surface area contributed by atoms with Crippen molar-refractivity contribution in [1.82, 2.24) is 5.32 Å². The fraction of sp³-hybridized carbons (Fsp3) is 0.600. The molecule has 0 heterocycles. The Morgan fingerprint density at radius 1 is 1.33 bits per heavy atom. The lowest BCUT2D eigenvalue weighted by molar-refractivity contribution is -0.00696. The van der Waals surface area contributed by atoms with E-state index in [1.807, 2.05) is 18.2 Å². The van der Waals surface area contributed by atoms with Crippen molar-refractivity contribution in [2.45, 2.75) is 45.8 Å². The number of hydrogen-bond acceptors (Lipinski definition) is 2. The van der Waals surface area contributed by atoms with Crippen molar-refractivity contribution in [3.8, 4) is 0 Å². The van der Waals surface area contributed by atoms with Gasteiger partial charge in [0.25, 0.3) is 0 Å². The Kier molecular flexibility index (Phi) is 7.33. The Bertz CT molecular complexity index is 343. The summed E-state index contributed by atoms with van der Waals surface area (Å²) >= 11 is 6.04. The van der Waals surface area contributed by atoms with Crippen molar-refractivity contribution in [3.63, 3.8) is 0 Å². The number of ether oxygens (including phenoxy) is 1. The zero-order valence-electron chi connectivity index (χ0n) is 11.6. The lowest BCUT2D eigenvalue weighted by Gasteiger charge is -2.23. The third-order valence-corrected chi connectivity index (χ3v) is 3.13. The molecule has 1 N–H and O–H groups in total. The minimum atomic E-state index is 0.0743. The molecule has 18 heavy (non-hydrogen) atoms. The summed E-state index contributed by atoms with van der Waals surface area (Å²) in [7, 11) is 0. The van der Waals surface area contributed by atoms with Crippen molar-refractivity contribution in [1.29, 1.82) is 0 Å². The number of benzene rings is 1. The first-order valence-electron chi connectivity index (χ1n) is 6.79. The molecular weight excluding hydrogens is 246 g/mol. The van der Waals surface area contributed by atoms with E-state index in [-0.39, 0.29) is 12.2 Å². The lowest BCUT2D eigenvalue weighted by atomic mass is 10.1. The molecule has 2 atom stereocenters. The van der Waals surface area contributed by atoms with Gasteiger partial charge in [0.2, 0.25) is 0 Å². The van der Waals surface area contributed by atoms with Gasteiger partial charge in [-0.25, -0.2) is 0 Å². The second-order valence-corrected chi connectivity index (χ2v) is 5.02. The van der Waals surface area contributed by atoms with Crippen LogP contribution in [0.25, 0.3) is 0 Å². The summed E-state index contributed by atoms with van der Waals surface area (Å²) in [4.78, 5) is 0. The quantitative estimate of drug-likeness (QED) is 0.764. The predicted molar refractivity (Wildman–Crippen MR) is 78.2 cm³/mol. The molecule has 0 aliphatic carbocycles. The van der Waals surface area contributed by atoms with Gasteiger partial charge in [-0.05, 0) is 37.6 Å². The Morgan fingerprint density at radius 3 is 2.72 bits per heavy atom. The van der Waals surface area contributed by atoms with E-state index >= 15 is 0 Å². The smallest absolute Gasteiger partial charge is 0.0953 e. The van der Waals surface area contributed by atoms with Crippen molar-refractivity contribution < 1.29 is 4.74 Å². The van der Waals surface area contributed by atoms with Crippen LogP contribution in [0, 0.1) is 0 Å². The van der Waals surface area contributed by atoms with E-state index in [2.05, 4.69) is 32.2 Å². The molecule has 0 saturated carbocycles. The molecule has 3 heteroatoms. The van der Waals surface area contributed by atoms with Gasteiger partial charge < -0.3 is 10.1 Å². The Morgan fingerprint density at radius 2 is 2.11 bits per heavy atom. The normalized spacial score (nSPS) is 14.4. The highest BCUT2D eigenvalue weighted by atomic mass is 35.5. The number of nitrogens with one attached hydrogen (secondary N) is 1. The third-order valence-electron chi connectivity index (χ3n) is 2.89. The van der Waals surface area contributed by atoms with Crippen LogP contribution in [-0.2, 0) is 4.74 Å². The van der Waals surface area contributed by atoms with Crippen molar-refractivity contribution in [2.24, 2.45) is 0 Å². The van der Waals surface area contributed by atoms with Crippen LogP contribution >= 0.6 is 11.6 Å². The van der Waals surface area contributed by atoms with Crippen molar-refractivity contribution in [2.75, 3.05) is 13.1 Å². The first kappa shape index (κ1) is 15.5. The molecule has 102 valence electrons. The van der Waals surface area contributed by atoms with Crippen LogP contribution < -0.4 is 5.32 Å². The van der Waals surface area contributed by atoms with E-state index in [0.717, 1.165) is 36.5 Å². The fourth-order valence-electron chi connectivity index (χ4n) is 1.98. The summed E-state index contributed by atoms with van der Waals surface area (Å²) in [6.07, 6.45) is 2.58. The van der Waals surface area contributed by atoms with Crippen LogP contribution in [0.5, 0.6) is 0 Å². The van der Waals surface area contributed by atoms with Gasteiger partial charge in [0.05, 0.1) is 12.2 Å². The first-order chi connectivity index (χ1) is 8.67. The second kappa shape index (κ2) is 8.52. The molecule has 0 spiro atoms. The van der Waals surface area contributed by atoms with Gasteiger partial charge in [-0.1, -0.05) is 44.0 Å². The summed E-state index contributed by atoms with van der Waals surface area (Å²) in [5, 5.41) is 4.11. The molecule has 0 aromatic heterocycles. The number of rotatable bonds is 8. The molecule has 0 radical (unpaired) electrons. The maximum absolute atomic E-state index is 6.11. The van der Waals surface area contributed by atoms with Gasteiger partial charge in [0.15, 0.2) is 0 Å². The van der Waals surface area contributed by atoms with E-state index in [9.17, 15) is 0 Å². The summed E-state index contributed by atoms with van der Waals surface area (Å²) in [6, 6.07) is 7.93. The lowest BCUT2D eigenvalue weighted by Crippen LogP contribution is -2.25. The van der Waals surface area contributed by atoms with Crippen LogP contribution in [0.4, 0.5) is 0 Å². The van der Waals surface area contributed by atoms with Gasteiger partial charge in [0.1, 0.15) is 0 Å². The molecule has 0 aliphatic heterocycles. The Balaban J connectivity index is 2.70. The minimum Gasteiger partial charge on any atom is -0.369 e. The fourth-order valence-corrected chi connectivity index (χ4v) is 2.18. The number of likely N-dealkylation sites (N-methyl/N-ethyl adjacent to an activating group) is 1. The highest BCUT2D eigenvalue weighted by Gasteiger charge is 2.15. The molecule has 1 rings (SSSR count). The van der Waals surface area contributed by atoms with Crippen LogP contribution in [-0.4, -0.2) is 19.2 Å². The average molecular weight is 270 g/mol. The second-order valence-electron chi connectivity index (χ2n) is 4.59. The number of halogens is 1. The molecule has 1 aromatic rings. The molecule has 0 amide bonds. The molecule has 1 aromatic carbocycles. The summed E-state index contributed by atoms with van der Waals surface area (Å²) in [5.41, 5.74) is 1.14. The maximum Gasteiger partial charge on any atom is 0.0953 e. The van der Waals surface area contributed by atoms with Crippen LogP contribution in [0.3, 0.4) is 0 Å². The summed E-state index contributed by atoms with van der Waals surface area (Å²) in [6.45, 7) is 8.18. The molecular formula is C15H24ClNO. The minimum absolute atomic E-state index is 0.0743. The molecule has 0 saturated heterocycles. The van der Waals surface area contributed by atoms with Crippen molar-refractivity contribution in [3.05, 3.63) is 34.9 Å². The summed E-state index contributed by atoms with van der Waals surface area (Å²) < 4.78 is 6.11. The van der Waals surface area contributed by atoms with E-state index in [0.29, 0.717) is 0 Å². The highest BCUT2D eigenvalue weighted by Crippen LogP contribution is 2.22. The largest absolute Gasteiger partial charge is 0.369 e. The van der Waals surface area contributed by atoms with Gasteiger partial charge in [0, 0.05) is 11.6 Å². The zero-order valence-corrected chi connectivity index (χ0v) is 12.3. The van der Waals surface area contributed by atoms with E-state index in [4.69, 9.17) is 16.3 Å². The Hall–Kier alpha value is -0.570. The molecule has 0 aliphatic rings. The molecule has 0 bridgehead atoms. The van der Waals surface area contributed by atoms with Crippen LogP contribution in [0.15, 0.2) is 24.3 Å². The zero-order chi connectivity index (χ0) is 13.4. The van der Waals surface area contributed by atoms with Gasteiger partial charge in [-0.3, -0.25) is 0 Å². The molecule has 0 fully saturated rings. The van der Waals surface area contributed by atoms with E-state index < -0.39 is 0 Å². The topological polar surface area (TPSA) is 21.3 Å². The van der Waals surface area contributed by atoms with Gasteiger partial charge in [-0.15, -0.1) is 0 Å². The van der Waals surface area contributed by atoms with Crippen molar-refractivity contribution >= 4 is 11.6 Å². The third kappa shape index (κ3) is 5.38. The summed E-state index contributed by atoms with van der Waals surface area (Å²) in [5.74, 6) is 0. The van der Waals surface area contributed by atoms with Crippen LogP contribution in [0.1, 0.15) is 45.3 Å². The van der Waals surface area contributed by atoms with Gasteiger partial charge in [-0.2, -0.15) is 0 Å².